The minimum absolute atomic E-state index is 0.0220. The van der Waals surface area contributed by atoms with E-state index in [1.54, 1.807) is 48.8 Å². The largest absolute Gasteiger partial charge is 0.490 e. The summed E-state index contributed by atoms with van der Waals surface area (Å²) in [6.07, 6.45) is 1.75. The number of fused-ring (bicyclic) bond motifs is 1. The number of esters is 1. The van der Waals surface area contributed by atoms with E-state index in [0.29, 0.717) is 54.3 Å². The van der Waals surface area contributed by atoms with Crippen LogP contribution >= 0.6 is 27.3 Å². The van der Waals surface area contributed by atoms with Crippen molar-refractivity contribution >= 4 is 45.0 Å². The predicted molar refractivity (Wildman–Crippen MR) is 174 cm³/mol. The quantitative estimate of drug-likeness (QED) is 0.118. The molecule has 2 heterocycles. The molecule has 1 aromatic heterocycles. The average molecular weight is 693 g/mol. The van der Waals surface area contributed by atoms with Crippen LogP contribution in [-0.4, -0.2) is 28.7 Å². The van der Waals surface area contributed by atoms with Crippen molar-refractivity contribution in [3.8, 4) is 11.5 Å². The number of thiazole rings is 1. The molecule has 1 aliphatic heterocycles. The van der Waals surface area contributed by atoms with Gasteiger partial charge in [-0.1, -0.05) is 53.3 Å². The summed E-state index contributed by atoms with van der Waals surface area (Å²) in [7, 11) is 0. The van der Waals surface area contributed by atoms with Crippen LogP contribution in [0.1, 0.15) is 49.1 Å². The zero-order valence-electron chi connectivity index (χ0n) is 25.0. The lowest BCUT2D eigenvalue weighted by atomic mass is 9.95. The lowest BCUT2D eigenvalue weighted by Gasteiger charge is -2.24. The minimum atomic E-state index is -0.696. The Morgan fingerprint density at radius 3 is 2.53 bits per heavy atom. The topological polar surface area (TPSA) is 122 Å². The molecule has 0 amide bonds. The number of halogens is 1. The number of benzene rings is 3. The highest BCUT2D eigenvalue weighted by Crippen LogP contribution is 2.38. The van der Waals surface area contributed by atoms with Gasteiger partial charge in [0.1, 0.15) is 6.61 Å². The number of nitrogens with zero attached hydrogens (tertiary/aromatic N) is 3. The summed E-state index contributed by atoms with van der Waals surface area (Å²) in [6.45, 7) is 7.95. The van der Waals surface area contributed by atoms with E-state index in [1.807, 2.05) is 38.1 Å². The van der Waals surface area contributed by atoms with Crippen molar-refractivity contribution in [3.05, 3.63) is 128 Å². The second-order valence-electron chi connectivity index (χ2n) is 10.2. The fraction of sp³-hybridized carbons (Fsp3) is 0.242. The highest BCUT2D eigenvalue weighted by molar-refractivity contribution is 9.10. The van der Waals surface area contributed by atoms with Crippen LogP contribution in [0.5, 0.6) is 11.5 Å². The van der Waals surface area contributed by atoms with E-state index in [4.69, 9.17) is 14.2 Å². The molecule has 0 saturated carbocycles. The van der Waals surface area contributed by atoms with E-state index in [0.717, 1.165) is 11.1 Å². The standard InChI is InChI=1S/C33H30BrN3O7S/c1-5-42-26-16-22(15-25(34)30(26)44-18-21-8-7-9-24(14-21)37(40)41)17-27-31(38)36-29(23-12-10-19(3)11-13-23)28(32(39)43-6-2)20(4)35-33(36)45-27/h7-17,29H,5-6,18H2,1-4H3/b27-17+/t29-/m1/s1. The van der Waals surface area contributed by atoms with E-state index in [1.165, 1.54) is 23.5 Å². The molecule has 1 aliphatic rings. The van der Waals surface area contributed by atoms with Gasteiger partial charge in [-0.05, 0) is 78.5 Å². The van der Waals surface area contributed by atoms with Gasteiger partial charge in [0, 0.05) is 12.1 Å². The number of ether oxygens (including phenoxy) is 3. The molecule has 4 aromatic rings. The SMILES string of the molecule is CCOC(=O)C1=C(C)N=c2s/c(=C/c3cc(Br)c(OCc4cccc([N+](=O)[O-])c4)c(OCC)c3)c(=O)n2[C@@H]1c1ccc(C)cc1. The van der Waals surface area contributed by atoms with Crippen LogP contribution in [0.3, 0.4) is 0 Å². The van der Waals surface area contributed by atoms with Crippen LogP contribution in [0, 0.1) is 17.0 Å². The fourth-order valence-electron chi connectivity index (χ4n) is 5.00. The Kier molecular flexibility index (Phi) is 9.64. The number of carbonyl (C=O) groups is 1. The van der Waals surface area contributed by atoms with Crippen molar-refractivity contribution in [3.63, 3.8) is 0 Å². The smallest absolute Gasteiger partial charge is 0.338 e. The molecule has 0 fully saturated rings. The molecule has 0 bridgehead atoms. The number of nitro groups is 1. The van der Waals surface area contributed by atoms with Gasteiger partial charge < -0.3 is 14.2 Å². The van der Waals surface area contributed by atoms with Crippen LogP contribution in [0.15, 0.2) is 86.2 Å². The molecule has 12 heteroatoms. The van der Waals surface area contributed by atoms with E-state index in [-0.39, 0.29) is 24.5 Å². The van der Waals surface area contributed by atoms with Gasteiger partial charge in [-0.3, -0.25) is 19.5 Å². The number of hydrogen-bond donors (Lipinski definition) is 0. The van der Waals surface area contributed by atoms with Gasteiger partial charge >= 0.3 is 5.97 Å². The molecule has 232 valence electrons. The van der Waals surface area contributed by atoms with Crippen molar-refractivity contribution in [2.24, 2.45) is 4.99 Å². The van der Waals surface area contributed by atoms with Gasteiger partial charge in [0.05, 0.1) is 44.5 Å². The average Bonchev–Trinajstić information content (AvgIpc) is 3.30. The van der Waals surface area contributed by atoms with Crippen molar-refractivity contribution in [2.45, 2.75) is 40.3 Å². The number of non-ortho nitro benzene ring substituents is 1. The van der Waals surface area contributed by atoms with E-state index in [9.17, 15) is 19.7 Å². The van der Waals surface area contributed by atoms with Crippen LogP contribution in [-0.2, 0) is 16.1 Å². The summed E-state index contributed by atoms with van der Waals surface area (Å²) in [5.41, 5.74) is 3.64. The molecular formula is C33H30BrN3O7S. The van der Waals surface area contributed by atoms with Gasteiger partial charge in [0.2, 0.25) is 0 Å². The third-order valence-electron chi connectivity index (χ3n) is 7.04. The van der Waals surface area contributed by atoms with Gasteiger partial charge in [-0.25, -0.2) is 9.79 Å². The number of nitro benzene ring substituents is 1. The lowest BCUT2D eigenvalue weighted by molar-refractivity contribution is -0.384. The van der Waals surface area contributed by atoms with Crippen molar-refractivity contribution in [1.29, 1.82) is 0 Å². The number of hydrogen-bond acceptors (Lipinski definition) is 9. The first-order valence-electron chi connectivity index (χ1n) is 14.2. The lowest BCUT2D eigenvalue weighted by Crippen LogP contribution is -2.39. The zero-order chi connectivity index (χ0) is 32.2. The van der Waals surface area contributed by atoms with Crippen LogP contribution in [0.2, 0.25) is 0 Å². The Hall–Kier alpha value is -4.55. The van der Waals surface area contributed by atoms with Crippen molar-refractivity contribution in [1.82, 2.24) is 4.57 Å². The Balaban J connectivity index is 1.56. The first kappa shape index (κ1) is 31.9. The molecule has 5 rings (SSSR count). The summed E-state index contributed by atoms with van der Waals surface area (Å²) in [5.74, 6) is 0.356. The summed E-state index contributed by atoms with van der Waals surface area (Å²) in [4.78, 5) is 42.9. The molecule has 0 aliphatic carbocycles. The van der Waals surface area contributed by atoms with E-state index >= 15 is 0 Å². The van der Waals surface area contributed by atoms with Gasteiger partial charge in [-0.15, -0.1) is 0 Å². The minimum Gasteiger partial charge on any atom is -0.490 e. The first-order chi connectivity index (χ1) is 21.6. The highest BCUT2D eigenvalue weighted by atomic mass is 79.9. The number of aryl methyl sites for hydroxylation is 1. The molecule has 0 saturated heterocycles. The molecule has 0 N–H and O–H groups in total. The summed E-state index contributed by atoms with van der Waals surface area (Å²) >= 11 is 4.80. The maximum atomic E-state index is 14.0. The maximum absolute atomic E-state index is 14.0. The van der Waals surface area contributed by atoms with Gasteiger partial charge in [0.25, 0.3) is 11.2 Å². The number of rotatable bonds is 10. The van der Waals surface area contributed by atoms with E-state index in [2.05, 4.69) is 20.9 Å². The second kappa shape index (κ2) is 13.6. The monoisotopic (exact) mass is 691 g/mol. The molecule has 1 atom stereocenters. The van der Waals surface area contributed by atoms with Crippen LogP contribution < -0.4 is 24.4 Å². The van der Waals surface area contributed by atoms with Crippen molar-refractivity contribution < 1.29 is 23.9 Å². The van der Waals surface area contributed by atoms with Crippen LogP contribution in [0.25, 0.3) is 6.08 Å². The summed E-state index contributed by atoms with van der Waals surface area (Å²) in [5, 5.41) is 11.2. The first-order valence-corrected chi connectivity index (χ1v) is 15.8. The number of carbonyl (C=O) groups excluding carboxylic acids is 1. The number of aromatic nitrogens is 1. The Labute approximate surface area is 271 Å². The van der Waals surface area contributed by atoms with Gasteiger partial charge in [-0.2, -0.15) is 0 Å². The zero-order valence-corrected chi connectivity index (χ0v) is 27.4. The second-order valence-corrected chi connectivity index (χ2v) is 12.1. The molecule has 10 nitrogen and oxygen atoms in total. The van der Waals surface area contributed by atoms with Gasteiger partial charge in [0.15, 0.2) is 16.3 Å². The van der Waals surface area contributed by atoms with Crippen LogP contribution in [0.4, 0.5) is 5.69 Å². The highest BCUT2D eigenvalue weighted by Gasteiger charge is 2.33. The molecule has 45 heavy (non-hydrogen) atoms. The van der Waals surface area contributed by atoms with Crippen molar-refractivity contribution in [2.75, 3.05) is 13.2 Å². The Morgan fingerprint density at radius 2 is 1.84 bits per heavy atom. The maximum Gasteiger partial charge on any atom is 0.338 e. The number of allylic oxidation sites excluding steroid dienone is 1. The molecule has 0 radical (unpaired) electrons. The summed E-state index contributed by atoms with van der Waals surface area (Å²) < 4.78 is 19.8. The molecule has 3 aromatic carbocycles. The fourth-order valence-corrected chi connectivity index (χ4v) is 6.62. The normalized spacial score (nSPS) is 14.5. The third-order valence-corrected chi connectivity index (χ3v) is 8.62. The molecular weight excluding hydrogens is 662 g/mol. The predicted octanol–water partition coefficient (Wildman–Crippen LogP) is 5.76. The van der Waals surface area contributed by atoms with E-state index < -0.39 is 16.9 Å². The Morgan fingerprint density at radius 1 is 1.09 bits per heavy atom. The third kappa shape index (κ3) is 6.76. The molecule has 0 spiro atoms. The Bertz CT molecular complexity index is 2000. The molecule has 0 unspecified atom stereocenters. The summed E-state index contributed by atoms with van der Waals surface area (Å²) in [6, 6.07) is 16.8.